The summed E-state index contributed by atoms with van der Waals surface area (Å²) < 4.78 is 30.1. The first kappa shape index (κ1) is 22.8. The summed E-state index contributed by atoms with van der Waals surface area (Å²) >= 11 is 11.2. The Morgan fingerprint density at radius 3 is 2.70 bits per heavy atom. The Balaban J connectivity index is 1.32. The molecule has 0 amide bonds. The lowest BCUT2D eigenvalue weighted by Crippen LogP contribution is -2.39. The van der Waals surface area contributed by atoms with Gasteiger partial charge in [0.2, 0.25) is 0 Å². The monoisotopic (exact) mass is 565 g/mol. The normalized spacial score (nSPS) is 15.8. The van der Waals surface area contributed by atoms with Gasteiger partial charge in [-0.2, -0.15) is 13.9 Å². The van der Waals surface area contributed by atoms with Gasteiger partial charge in [-0.3, -0.25) is 0 Å². The summed E-state index contributed by atoms with van der Waals surface area (Å²) in [5.41, 5.74) is 2.31. The molecule has 3 aromatic heterocycles. The Morgan fingerprint density at radius 2 is 1.97 bits per heavy atom. The molecule has 1 fully saturated rings. The maximum atomic E-state index is 12.8. The van der Waals surface area contributed by atoms with Gasteiger partial charge in [-0.15, -0.1) is 11.3 Å². The Bertz CT molecular complexity index is 1380. The van der Waals surface area contributed by atoms with Crippen molar-refractivity contribution in [1.82, 2.24) is 18.9 Å². The molecule has 0 bridgehead atoms. The van der Waals surface area contributed by atoms with Crippen LogP contribution in [0.4, 0.5) is 5.82 Å². The Kier molecular flexibility index (Phi) is 6.45. The summed E-state index contributed by atoms with van der Waals surface area (Å²) in [5, 5.41) is 10.4. The lowest BCUT2D eigenvalue weighted by molar-refractivity contribution is 0.282. The van der Waals surface area contributed by atoms with Crippen molar-refractivity contribution >= 4 is 60.4 Å². The predicted molar refractivity (Wildman–Crippen MR) is 135 cm³/mol. The van der Waals surface area contributed by atoms with Crippen molar-refractivity contribution < 1.29 is 8.42 Å². The highest BCUT2D eigenvalue weighted by molar-refractivity contribution is 9.10. The fourth-order valence-corrected chi connectivity index (χ4v) is 7.20. The van der Waals surface area contributed by atoms with Gasteiger partial charge < -0.3 is 5.32 Å². The third-order valence-electron chi connectivity index (χ3n) is 5.81. The van der Waals surface area contributed by atoms with Crippen molar-refractivity contribution in [3.63, 3.8) is 0 Å². The largest absolute Gasteiger partial charge is 0.370 e. The molecule has 0 spiro atoms. The van der Waals surface area contributed by atoms with E-state index >= 15 is 0 Å². The van der Waals surface area contributed by atoms with Crippen molar-refractivity contribution in [1.29, 1.82) is 0 Å². The number of halogens is 2. The minimum absolute atomic E-state index is 0.353. The average Bonchev–Trinajstić information content (AvgIpc) is 3.49. The highest BCUT2D eigenvalue weighted by atomic mass is 79.9. The zero-order valence-corrected chi connectivity index (χ0v) is 21.5. The fraction of sp³-hybridized carbons (Fsp3) is 0.273. The first-order valence-corrected chi connectivity index (χ1v) is 14.0. The molecule has 5 rings (SSSR count). The van der Waals surface area contributed by atoms with E-state index in [1.807, 2.05) is 30.3 Å². The first-order chi connectivity index (χ1) is 15.9. The molecule has 1 aromatic carbocycles. The van der Waals surface area contributed by atoms with Gasteiger partial charge in [-0.05, 0) is 52.2 Å². The maximum Gasteiger partial charge on any atom is 0.252 e. The molecule has 4 aromatic rings. The van der Waals surface area contributed by atoms with Gasteiger partial charge in [-0.1, -0.05) is 35.9 Å². The van der Waals surface area contributed by atoms with Crippen molar-refractivity contribution in [2.24, 2.45) is 5.92 Å². The lowest BCUT2D eigenvalue weighted by atomic mass is 9.98. The number of thiophene rings is 1. The molecule has 0 unspecified atom stereocenters. The zero-order valence-electron chi connectivity index (χ0n) is 17.5. The molecule has 33 heavy (non-hydrogen) atoms. The van der Waals surface area contributed by atoms with Crippen LogP contribution in [0.3, 0.4) is 0 Å². The molecule has 0 aliphatic carbocycles. The minimum atomic E-state index is -3.38. The van der Waals surface area contributed by atoms with Crippen molar-refractivity contribution in [2.45, 2.75) is 17.1 Å². The first-order valence-electron chi connectivity index (χ1n) is 10.5. The van der Waals surface area contributed by atoms with Crippen LogP contribution in [-0.2, 0) is 10.0 Å². The van der Waals surface area contributed by atoms with Crippen molar-refractivity contribution in [2.75, 3.05) is 25.0 Å². The zero-order chi connectivity index (χ0) is 23.0. The van der Waals surface area contributed by atoms with Gasteiger partial charge in [0.25, 0.3) is 10.0 Å². The van der Waals surface area contributed by atoms with Crippen LogP contribution in [0.2, 0.25) is 5.02 Å². The third-order valence-corrected chi connectivity index (χ3v) is 9.97. The summed E-state index contributed by atoms with van der Waals surface area (Å²) in [6.07, 6.45) is 3.32. The molecule has 1 N–H and O–H groups in total. The number of sulfonamides is 1. The Hall–Kier alpha value is -1.98. The van der Waals surface area contributed by atoms with Gasteiger partial charge in [0.15, 0.2) is 5.65 Å². The molecule has 172 valence electrons. The van der Waals surface area contributed by atoms with E-state index < -0.39 is 10.0 Å². The molecule has 0 atom stereocenters. The summed E-state index contributed by atoms with van der Waals surface area (Å²) in [7, 11) is -3.38. The van der Waals surface area contributed by atoms with Crippen molar-refractivity contribution in [3.8, 4) is 11.3 Å². The number of aromatic nitrogens is 3. The number of nitrogens with zero attached hydrogens (tertiary/aromatic N) is 4. The summed E-state index contributed by atoms with van der Waals surface area (Å²) in [6.45, 7) is 1.76. The molecule has 1 saturated heterocycles. The predicted octanol–water partition coefficient (Wildman–Crippen LogP) is 5.39. The number of nitrogens with one attached hydrogen (secondary N) is 1. The van der Waals surface area contributed by atoms with Gasteiger partial charge >= 0.3 is 0 Å². The standard InChI is InChI=1S/C22H21BrClN5O2S2/c23-17-14-26-29-20(12-19(27-22(17)29)16-4-1-2-5-18(16)24)25-13-15-7-9-28(10-8-15)33(30,31)21-6-3-11-32-21/h1-6,11-12,14-15,25H,7-10,13H2. The SMILES string of the molecule is O=S(=O)(c1cccs1)N1CCC(CNc2cc(-c3ccccc3Cl)nc3c(Br)cnn23)CC1. The Morgan fingerprint density at radius 1 is 1.18 bits per heavy atom. The molecule has 1 aliphatic heterocycles. The summed E-state index contributed by atoms with van der Waals surface area (Å²) in [6, 6.07) is 13.0. The van der Waals surface area contributed by atoms with Gasteiger partial charge in [0, 0.05) is 36.3 Å². The van der Waals surface area contributed by atoms with Crippen LogP contribution in [0, 0.1) is 5.92 Å². The molecule has 0 radical (unpaired) electrons. The number of piperidine rings is 1. The molecule has 1 aliphatic rings. The number of fused-ring (bicyclic) bond motifs is 1. The average molecular weight is 567 g/mol. The number of anilines is 1. The van der Waals surface area contributed by atoms with Gasteiger partial charge in [0.05, 0.1) is 16.4 Å². The van der Waals surface area contributed by atoms with Crippen LogP contribution in [-0.4, -0.2) is 47.0 Å². The van der Waals surface area contributed by atoms with Crippen LogP contribution in [0.15, 0.2) is 62.7 Å². The van der Waals surface area contributed by atoms with E-state index in [1.54, 1.807) is 32.5 Å². The second kappa shape index (κ2) is 9.34. The van der Waals surface area contributed by atoms with E-state index in [1.165, 1.54) is 11.3 Å². The second-order valence-electron chi connectivity index (χ2n) is 7.89. The number of hydrogen-bond acceptors (Lipinski definition) is 6. The quantitative estimate of drug-likeness (QED) is 0.339. The number of benzene rings is 1. The molecule has 4 heterocycles. The topological polar surface area (TPSA) is 79.6 Å². The lowest BCUT2D eigenvalue weighted by Gasteiger charge is -2.31. The molecule has 0 saturated carbocycles. The van der Waals surface area contributed by atoms with Crippen LogP contribution in [0.25, 0.3) is 16.9 Å². The summed E-state index contributed by atoms with van der Waals surface area (Å²) in [5.74, 6) is 1.17. The highest BCUT2D eigenvalue weighted by Crippen LogP contribution is 2.31. The molecule has 7 nitrogen and oxygen atoms in total. The van der Waals surface area contributed by atoms with Gasteiger partial charge in [0.1, 0.15) is 10.0 Å². The number of rotatable bonds is 6. The van der Waals surface area contributed by atoms with E-state index in [2.05, 4.69) is 26.3 Å². The fourth-order valence-electron chi connectivity index (χ4n) is 4.01. The smallest absolute Gasteiger partial charge is 0.252 e. The third kappa shape index (κ3) is 4.54. The maximum absolute atomic E-state index is 12.8. The van der Waals surface area contributed by atoms with E-state index in [-0.39, 0.29) is 0 Å². The van der Waals surface area contributed by atoms with Crippen LogP contribution in [0.1, 0.15) is 12.8 Å². The second-order valence-corrected chi connectivity index (χ2v) is 12.3. The van der Waals surface area contributed by atoms with Crippen LogP contribution < -0.4 is 5.32 Å². The van der Waals surface area contributed by atoms with E-state index in [0.29, 0.717) is 40.4 Å². The highest BCUT2D eigenvalue weighted by Gasteiger charge is 2.30. The van der Waals surface area contributed by atoms with E-state index in [0.717, 1.165) is 34.4 Å². The molecular weight excluding hydrogens is 546 g/mol. The summed E-state index contributed by atoms with van der Waals surface area (Å²) in [4.78, 5) is 4.74. The minimum Gasteiger partial charge on any atom is -0.370 e. The molecular formula is C22H21BrClN5O2S2. The van der Waals surface area contributed by atoms with Gasteiger partial charge in [-0.25, -0.2) is 13.4 Å². The van der Waals surface area contributed by atoms with Crippen molar-refractivity contribution in [3.05, 3.63) is 63.5 Å². The Labute approximate surface area is 209 Å². The van der Waals surface area contributed by atoms with E-state index in [9.17, 15) is 8.42 Å². The van der Waals surface area contributed by atoms with Crippen LogP contribution in [0.5, 0.6) is 0 Å². The number of hydrogen-bond donors (Lipinski definition) is 1. The molecule has 11 heteroatoms. The van der Waals surface area contributed by atoms with Crippen LogP contribution >= 0.6 is 38.9 Å². The van der Waals surface area contributed by atoms with E-state index in [4.69, 9.17) is 16.6 Å².